The monoisotopic (exact) mass is 308 g/mol. The number of nitrogens with one attached hydrogen (secondary N) is 2. The molecular formula is C14H20N4O4. The molecule has 0 unspecified atom stereocenters. The number of hydrogen-bond donors (Lipinski definition) is 3. The predicted octanol–water partition coefficient (Wildman–Crippen LogP) is 0.631. The van der Waals surface area contributed by atoms with Crippen LogP contribution in [0.1, 0.15) is 12.8 Å². The van der Waals surface area contributed by atoms with E-state index < -0.39 is 10.5 Å². The van der Waals surface area contributed by atoms with Crippen LogP contribution >= 0.6 is 0 Å². The SMILES string of the molecule is NC1(C(=O)NCCNc2ccccc2[N+](=O)[O-])CCOCC1. The number of para-hydroxylation sites is 2. The van der Waals surface area contributed by atoms with E-state index in [0.717, 1.165) is 0 Å². The van der Waals surface area contributed by atoms with Crippen LogP contribution in [0.15, 0.2) is 24.3 Å². The molecule has 1 aromatic rings. The molecule has 120 valence electrons. The molecule has 4 N–H and O–H groups in total. The largest absolute Gasteiger partial charge is 0.381 e. The first-order valence-electron chi connectivity index (χ1n) is 7.15. The van der Waals surface area contributed by atoms with Gasteiger partial charge in [-0.2, -0.15) is 0 Å². The third-order valence-electron chi connectivity index (χ3n) is 3.66. The normalized spacial score (nSPS) is 16.8. The Kier molecular flexibility index (Phi) is 5.29. The van der Waals surface area contributed by atoms with Crippen molar-refractivity contribution in [2.75, 3.05) is 31.6 Å². The third kappa shape index (κ3) is 3.92. The first kappa shape index (κ1) is 16.2. The zero-order chi connectivity index (χ0) is 16.0. The maximum atomic E-state index is 12.1. The van der Waals surface area contributed by atoms with Gasteiger partial charge in [0.1, 0.15) is 5.69 Å². The summed E-state index contributed by atoms with van der Waals surface area (Å²) < 4.78 is 5.20. The molecule has 0 atom stereocenters. The molecule has 0 bridgehead atoms. The number of nitro benzene ring substituents is 1. The van der Waals surface area contributed by atoms with Gasteiger partial charge in [0.2, 0.25) is 5.91 Å². The van der Waals surface area contributed by atoms with Crippen LogP contribution in [0.5, 0.6) is 0 Å². The number of rotatable bonds is 6. The van der Waals surface area contributed by atoms with Crippen molar-refractivity contribution in [1.82, 2.24) is 5.32 Å². The maximum Gasteiger partial charge on any atom is 0.292 e. The molecule has 0 spiro atoms. The summed E-state index contributed by atoms with van der Waals surface area (Å²) in [5.41, 5.74) is 5.61. The molecule has 22 heavy (non-hydrogen) atoms. The number of nitrogens with two attached hydrogens (primary N) is 1. The lowest BCUT2D eigenvalue weighted by atomic mass is 9.90. The predicted molar refractivity (Wildman–Crippen MR) is 81.6 cm³/mol. The Morgan fingerprint density at radius 3 is 2.68 bits per heavy atom. The van der Waals surface area contributed by atoms with Crippen LogP contribution in [0, 0.1) is 10.1 Å². The molecule has 0 radical (unpaired) electrons. The standard InChI is InChI=1S/C14H20N4O4/c15-14(5-9-22-10-6-14)13(19)17-8-7-16-11-3-1-2-4-12(11)18(20)21/h1-4,16H,5-10,15H2,(H,17,19). The zero-order valence-corrected chi connectivity index (χ0v) is 12.2. The topological polar surface area (TPSA) is 120 Å². The van der Waals surface area contributed by atoms with Crippen LogP contribution in [0.3, 0.4) is 0 Å². The van der Waals surface area contributed by atoms with Gasteiger partial charge in [-0.15, -0.1) is 0 Å². The minimum absolute atomic E-state index is 0.00792. The van der Waals surface area contributed by atoms with Crippen LogP contribution in [0.2, 0.25) is 0 Å². The number of hydrogen-bond acceptors (Lipinski definition) is 6. The molecule has 0 aliphatic carbocycles. The van der Waals surface area contributed by atoms with Gasteiger partial charge in [0.15, 0.2) is 0 Å². The van der Waals surface area contributed by atoms with E-state index in [9.17, 15) is 14.9 Å². The molecule has 1 aliphatic heterocycles. The number of nitrogens with zero attached hydrogens (tertiary/aromatic N) is 1. The first-order valence-corrected chi connectivity index (χ1v) is 7.15. The molecule has 8 heteroatoms. The van der Waals surface area contributed by atoms with E-state index in [1.54, 1.807) is 18.2 Å². The minimum atomic E-state index is -0.878. The third-order valence-corrected chi connectivity index (χ3v) is 3.66. The number of amides is 1. The summed E-state index contributed by atoms with van der Waals surface area (Å²) in [5.74, 6) is -0.208. The fourth-order valence-electron chi connectivity index (χ4n) is 2.29. The first-order chi connectivity index (χ1) is 10.5. The van der Waals surface area contributed by atoms with Crippen molar-refractivity contribution in [2.45, 2.75) is 18.4 Å². The van der Waals surface area contributed by atoms with Gasteiger partial charge in [0.25, 0.3) is 5.69 Å². The Bertz CT molecular complexity index is 543. The average molecular weight is 308 g/mol. The summed E-state index contributed by atoms with van der Waals surface area (Å²) >= 11 is 0. The van der Waals surface area contributed by atoms with E-state index in [1.165, 1.54) is 6.07 Å². The van der Waals surface area contributed by atoms with E-state index in [0.29, 0.717) is 44.8 Å². The zero-order valence-electron chi connectivity index (χ0n) is 12.2. The van der Waals surface area contributed by atoms with Gasteiger partial charge >= 0.3 is 0 Å². The number of nitro groups is 1. The van der Waals surface area contributed by atoms with Gasteiger partial charge in [-0.25, -0.2) is 0 Å². The van der Waals surface area contributed by atoms with Crippen LogP contribution in [-0.4, -0.2) is 42.7 Å². The van der Waals surface area contributed by atoms with Gasteiger partial charge < -0.3 is 21.1 Å². The molecule has 0 aromatic heterocycles. The number of benzene rings is 1. The quantitative estimate of drug-likeness (QED) is 0.403. The van der Waals surface area contributed by atoms with Crippen LogP contribution < -0.4 is 16.4 Å². The molecule has 1 aromatic carbocycles. The lowest BCUT2D eigenvalue weighted by Gasteiger charge is -2.31. The smallest absolute Gasteiger partial charge is 0.292 e. The van der Waals surface area contributed by atoms with Crippen molar-refractivity contribution in [3.05, 3.63) is 34.4 Å². The summed E-state index contributed by atoms with van der Waals surface area (Å²) in [6.07, 6.45) is 0.993. The highest BCUT2D eigenvalue weighted by atomic mass is 16.6. The van der Waals surface area contributed by atoms with E-state index in [1.807, 2.05) is 0 Å². The highest BCUT2D eigenvalue weighted by Gasteiger charge is 2.35. The number of carbonyl (C=O) groups excluding carboxylic acids is 1. The average Bonchev–Trinajstić information content (AvgIpc) is 2.52. The van der Waals surface area contributed by atoms with Gasteiger partial charge in [0.05, 0.1) is 10.5 Å². The van der Waals surface area contributed by atoms with Gasteiger partial charge in [-0.3, -0.25) is 14.9 Å². The van der Waals surface area contributed by atoms with Crippen molar-refractivity contribution >= 4 is 17.3 Å². The summed E-state index contributed by atoms with van der Waals surface area (Å²) in [5, 5.41) is 16.6. The van der Waals surface area contributed by atoms with Crippen molar-refractivity contribution in [3.8, 4) is 0 Å². The summed E-state index contributed by atoms with van der Waals surface area (Å²) in [7, 11) is 0. The second kappa shape index (κ2) is 7.19. The molecule has 1 fully saturated rings. The van der Waals surface area contributed by atoms with Crippen molar-refractivity contribution in [1.29, 1.82) is 0 Å². The number of anilines is 1. The van der Waals surface area contributed by atoms with Gasteiger partial charge in [-0.1, -0.05) is 12.1 Å². The Morgan fingerprint density at radius 2 is 2.00 bits per heavy atom. The number of carbonyl (C=O) groups is 1. The molecule has 0 saturated carbocycles. The van der Waals surface area contributed by atoms with Gasteiger partial charge in [0, 0.05) is 32.4 Å². The van der Waals surface area contributed by atoms with Crippen LogP contribution in [0.4, 0.5) is 11.4 Å². The Labute approximate surface area is 128 Å². The van der Waals surface area contributed by atoms with Crippen LogP contribution in [-0.2, 0) is 9.53 Å². The lowest BCUT2D eigenvalue weighted by Crippen LogP contribution is -2.57. The Balaban J connectivity index is 1.80. The highest BCUT2D eigenvalue weighted by Crippen LogP contribution is 2.22. The minimum Gasteiger partial charge on any atom is -0.381 e. The Hall–Kier alpha value is -2.19. The summed E-state index contributed by atoms with van der Waals surface area (Å²) in [6, 6.07) is 6.37. The van der Waals surface area contributed by atoms with Crippen molar-refractivity contribution < 1.29 is 14.5 Å². The maximum absolute atomic E-state index is 12.1. The Morgan fingerprint density at radius 1 is 1.32 bits per heavy atom. The fourth-order valence-corrected chi connectivity index (χ4v) is 2.29. The number of ether oxygens (including phenoxy) is 1. The molecule has 1 saturated heterocycles. The molecule has 2 rings (SSSR count). The molecule has 1 amide bonds. The summed E-state index contributed by atoms with van der Waals surface area (Å²) in [6.45, 7) is 1.69. The summed E-state index contributed by atoms with van der Waals surface area (Å²) in [4.78, 5) is 22.5. The molecular weight excluding hydrogens is 288 g/mol. The second-order valence-electron chi connectivity index (χ2n) is 5.23. The lowest BCUT2D eigenvalue weighted by molar-refractivity contribution is -0.384. The van der Waals surface area contributed by atoms with Gasteiger partial charge in [-0.05, 0) is 18.9 Å². The van der Waals surface area contributed by atoms with E-state index >= 15 is 0 Å². The second-order valence-corrected chi connectivity index (χ2v) is 5.23. The van der Waals surface area contributed by atoms with E-state index in [4.69, 9.17) is 10.5 Å². The van der Waals surface area contributed by atoms with E-state index in [-0.39, 0.29) is 11.6 Å². The highest BCUT2D eigenvalue weighted by molar-refractivity contribution is 5.86. The molecule has 1 aliphatic rings. The van der Waals surface area contributed by atoms with E-state index in [2.05, 4.69) is 10.6 Å². The van der Waals surface area contributed by atoms with Crippen molar-refractivity contribution in [2.24, 2.45) is 5.73 Å². The molecule has 8 nitrogen and oxygen atoms in total. The van der Waals surface area contributed by atoms with Crippen LogP contribution in [0.25, 0.3) is 0 Å². The van der Waals surface area contributed by atoms with Crippen molar-refractivity contribution in [3.63, 3.8) is 0 Å². The molecule has 1 heterocycles. The fraction of sp³-hybridized carbons (Fsp3) is 0.500.